The van der Waals surface area contributed by atoms with Crippen LogP contribution in [0.4, 0.5) is 15.1 Å². The van der Waals surface area contributed by atoms with Crippen molar-refractivity contribution in [1.29, 1.82) is 0 Å². The van der Waals surface area contributed by atoms with Crippen molar-refractivity contribution in [1.82, 2.24) is 0 Å². The Kier molecular flexibility index (Phi) is 4.82. The van der Waals surface area contributed by atoms with E-state index in [4.69, 9.17) is 17.0 Å². The van der Waals surface area contributed by atoms with Crippen LogP contribution in [-0.2, 0) is 17.6 Å². The number of thiophene rings is 1. The van der Waals surface area contributed by atoms with Gasteiger partial charge in [-0.1, -0.05) is 0 Å². The molecule has 126 valence electrons. The van der Waals surface area contributed by atoms with Gasteiger partial charge in [-0.05, 0) is 67.7 Å². The number of fused-ring (bicyclic) bond motifs is 1. The molecule has 0 unspecified atom stereocenters. The van der Waals surface area contributed by atoms with Crippen LogP contribution in [0.1, 0.15) is 32.8 Å². The number of methoxy groups -OCH3 is 1. The number of halogens is 1. The summed E-state index contributed by atoms with van der Waals surface area (Å²) in [7, 11) is 1.38. The van der Waals surface area contributed by atoms with E-state index in [1.165, 1.54) is 35.5 Å². The van der Waals surface area contributed by atoms with Crippen LogP contribution in [0, 0.1) is 12.7 Å². The minimum Gasteiger partial charge on any atom is -0.465 e. The fourth-order valence-corrected chi connectivity index (χ4v) is 4.39. The van der Waals surface area contributed by atoms with Crippen molar-refractivity contribution in [2.75, 3.05) is 17.7 Å². The van der Waals surface area contributed by atoms with Crippen LogP contribution < -0.4 is 10.6 Å². The van der Waals surface area contributed by atoms with Crippen LogP contribution in [0.25, 0.3) is 0 Å². The monoisotopic (exact) mass is 364 g/mol. The zero-order valence-corrected chi connectivity index (χ0v) is 15.0. The van der Waals surface area contributed by atoms with E-state index in [0.717, 1.165) is 36.1 Å². The maximum atomic E-state index is 13.2. The molecule has 0 saturated heterocycles. The SMILES string of the molecule is COC(=O)c1c(NC(=S)Nc2ccc(F)cc2C)sc2c1CCC2. The quantitative estimate of drug-likeness (QED) is 0.629. The molecule has 0 fully saturated rings. The molecule has 2 aromatic rings. The molecule has 1 aliphatic rings. The molecule has 3 rings (SSSR count). The Balaban J connectivity index is 1.81. The summed E-state index contributed by atoms with van der Waals surface area (Å²) < 4.78 is 18.1. The van der Waals surface area contributed by atoms with Gasteiger partial charge < -0.3 is 15.4 Å². The molecule has 1 aliphatic carbocycles. The van der Waals surface area contributed by atoms with Gasteiger partial charge in [0, 0.05) is 10.6 Å². The molecule has 1 heterocycles. The van der Waals surface area contributed by atoms with Gasteiger partial charge in [-0.2, -0.15) is 0 Å². The van der Waals surface area contributed by atoms with E-state index >= 15 is 0 Å². The van der Waals surface area contributed by atoms with Crippen molar-refractivity contribution < 1.29 is 13.9 Å². The van der Waals surface area contributed by atoms with Gasteiger partial charge in [-0.15, -0.1) is 11.3 Å². The number of esters is 1. The molecule has 0 bridgehead atoms. The van der Waals surface area contributed by atoms with E-state index in [1.54, 1.807) is 13.0 Å². The second-order valence-corrected chi connectivity index (χ2v) is 7.10. The maximum absolute atomic E-state index is 13.2. The highest BCUT2D eigenvalue weighted by Gasteiger charge is 2.27. The predicted octanol–water partition coefficient (Wildman–Crippen LogP) is 4.28. The first-order valence-corrected chi connectivity index (χ1v) is 8.79. The van der Waals surface area contributed by atoms with Gasteiger partial charge in [0.05, 0.1) is 12.7 Å². The highest BCUT2D eigenvalue weighted by molar-refractivity contribution is 7.80. The summed E-state index contributed by atoms with van der Waals surface area (Å²) in [6.45, 7) is 1.80. The van der Waals surface area contributed by atoms with E-state index in [9.17, 15) is 9.18 Å². The van der Waals surface area contributed by atoms with Gasteiger partial charge in [0.15, 0.2) is 5.11 Å². The first kappa shape index (κ1) is 16.9. The number of benzene rings is 1. The number of nitrogens with one attached hydrogen (secondary N) is 2. The molecule has 0 spiro atoms. The first-order chi connectivity index (χ1) is 11.5. The number of rotatable bonds is 3. The number of hydrogen-bond acceptors (Lipinski definition) is 4. The Morgan fingerprint density at radius 2 is 2.12 bits per heavy atom. The molecule has 1 aromatic carbocycles. The van der Waals surface area contributed by atoms with E-state index < -0.39 is 0 Å². The van der Waals surface area contributed by atoms with Crippen molar-refractivity contribution in [2.45, 2.75) is 26.2 Å². The zero-order chi connectivity index (χ0) is 17.3. The molecule has 0 aliphatic heterocycles. The van der Waals surface area contributed by atoms with Crippen LogP contribution in [0.3, 0.4) is 0 Å². The molecular weight excluding hydrogens is 347 g/mol. The second-order valence-electron chi connectivity index (χ2n) is 5.59. The lowest BCUT2D eigenvalue weighted by atomic mass is 10.1. The summed E-state index contributed by atoms with van der Waals surface area (Å²) >= 11 is 6.88. The third-order valence-electron chi connectivity index (χ3n) is 3.97. The number of aryl methyl sites for hydroxylation is 2. The summed E-state index contributed by atoms with van der Waals surface area (Å²) in [4.78, 5) is 13.3. The second kappa shape index (κ2) is 6.86. The fraction of sp³-hybridized carbons (Fsp3) is 0.294. The summed E-state index contributed by atoms with van der Waals surface area (Å²) in [6.07, 6.45) is 2.92. The van der Waals surface area contributed by atoms with Crippen LogP contribution >= 0.6 is 23.6 Å². The third kappa shape index (κ3) is 3.27. The van der Waals surface area contributed by atoms with Gasteiger partial charge >= 0.3 is 5.97 Å². The number of carbonyl (C=O) groups is 1. The van der Waals surface area contributed by atoms with Gasteiger partial charge in [0.1, 0.15) is 10.8 Å². The molecule has 24 heavy (non-hydrogen) atoms. The van der Waals surface area contributed by atoms with Crippen molar-refractivity contribution in [3.05, 3.63) is 45.6 Å². The number of thiocarbonyl (C=S) groups is 1. The first-order valence-electron chi connectivity index (χ1n) is 7.56. The molecule has 7 heteroatoms. The zero-order valence-electron chi connectivity index (χ0n) is 13.4. The Morgan fingerprint density at radius 1 is 1.33 bits per heavy atom. The molecule has 0 radical (unpaired) electrons. The van der Waals surface area contributed by atoms with Crippen LogP contribution in [0.5, 0.6) is 0 Å². The molecule has 0 atom stereocenters. The summed E-state index contributed by atoms with van der Waals surface area (Å²) in [5.41, 5.74) is 3.11. The number of ether oxygens (including phenoxy) is 1. The van der Waals surface area contributed by atoms with Gasteiger partial charge in [0.25, 0.3) is 0 Å². The smallest absolute Gasteiger partial charge is 0.341 e. The third-order valence-corrected chi connectivity index (χ3v) is 5.39. The molecule has 1 aromatic heterocycles. The topological polar surface area (TPSA) is 50.4 Å². The van der Waals surface area contributed by atoms with Crippen molar-refractivity contribution in [2.24, 2.45) is 0 Å². The highest BCUT2D eigenvalue weighted by atomic mass is 32.1. The van der Waals surface area contributed by atoms with Crippen molar-refractivity contribution in [3.63, 3.8) is 0 Å². The van der Waals surface area contributed by atoms with Crippen molar-refractivity contribution in [3.8, 4) is 0 Å². The van der Waals surface area contributed by atoms with E-state index in [-0.39, 0.29) is 11.8 Å². The summed E-state index contributed by atoms with van der Waals surface area (Å²) in [6, 6.07) is 4.44. The highest BCUT2D eigenvalue weighted by Crippen LogP contribution is 2.39. The van der Waals surface area contributed by atoms with Gasteiger partial charge in [-0.25, -0.2) is 9.18 Å². The van der Waals surface area contributed by atoms with Gasteiger partial charge in [0.2, 0.25) is 0 Å². The number of hydrogen-bond donors (Lipinski definition) is 2. The maximum Gasteiger partial charge on any atom is 0.341 e. The van der Waals surface area contributed by atoms with Crippen LogP contribution in [0.2, 0.25) is 0 Å². The van der Waals surface area contributed by atoms with Gasteiger partial charge in [-0.3, -0.25) is 0 Å². The largest absolute Gasteiger partial charge is 0.465 e. The van der Waals surface area contributed by atoms with Crippen LogP contribution in [-0.4, -0.2) is 18.2 Å². The molecular formula is C17H17FN2O2S2. The minimum atomic E-state index is -0.349. The number of anilines is 2. The molecule has 0 amide bonds. The Bertz CT molecular complexity index is 817. The lowest BCUT2D eigenvalue weighted by Crippen LogP contribution is -2.20. The lowest BCUT2D eigenvalue weighted by Gasteiger charge is -2.13. The normalized spacial score (nSPS) is 12.6. The Labute approximate surface area is 149 Å². The molecule has 4 nitrogen and oxygen atoms in total. The minimum absolute atomic E-state index is 0.292. The number of carbonyl (C=O) groups excluding carboxylic acids is 1. The summed E-state index contributed by atoms with van der Waals surface area (Å²) in [5.74, 6) is -0.641. The van der Waals surface area contributed by atoms with E-state index in [2.05, 4.69) is 10.6 Å². The average Bonchev–Trinajstić information content (AvgIpc) is 3.10. The van der Waals surface area contributed by atoms with Crippen molar-refractivity contribution >= 4 is 45.3 Å². The van der Waals surface area contributed by atoms with E-state index in [0.29, 0.717) is 15.7 Å². The predicted molar refractivity (Wildman–Crippen MR) is 98.7 cm³/mol. The standard InChI is InChI=1S/C17H17FN2O2S2/c1-9-8-10(18)6-7-12(9)19-17(23)20-15-14(16(21)22-2)11-4-3-5-13(11)24-15/h6-8H,3-5H2,1-2H3,(H2,19,20,23). The lowest BCUT2D eigenvalue weighted by molar-refractivity contribution is 0.0601. The molecule has 2 N–H and O–H groups in total. The van der Waals surface area contributed by atoms with E-state index in [1.807, 2.05) is 0 Å². The average molecular weight is 364 g/mol. The Hall–Kier alpha value is -1.99. The Morgan fingerprint density at radius 3 is 2.83 bits per heavy atom. The molecule has 0 saturated carbocycles. The summed E-state index contributed by atoms with van der Waals surface area (Å²) in [5, 5.41) is 7.19. The fourth-order valence-electron chi connectivity index (χ4n) is 2.83. The van der Waals surface area contributed by atoms with Crippen LogP contribution in [0.15, 0.2) is 18.2 Å².